The molecule has 0 rings (SSSR count). The zero-order valence-electron chi connectivity index (χ0n) is 6.75. The van der Waals surface area contributed by atoms with Crippen LogP contribution >= 0.6 is 0 Å². The van der Waals surface area contributed by atoms with Gasteiger partial charge in [-0.1, -0.05) is 0 Å². The summed E-state index contributed by atoms with van der Waals surface area (Å²) in [7, 11) is 0. The number of carboxylic acids is 1. The molecule has 0 aromatic heterocycles. The van der Waals surface area contributed by atoms with Gasteiger partial charge >= 0.3 is 5.97 Å². The van der Waals surface area contributed by atoms with E-state index in [4.69, 9.17) is 15.6 Å². The van der Waals surface area contributed by atoms with Crippen LogP contribution in [0.4, 0.5) is 0 Å². The quantitative estimate of drug-likeness (QED) is 0.546. The summed E-state index contributed by atoms with van der Waals surface area (Å²) in [5.74, 6) is -0.943. The molecule has 1 atom stereocenters. The Morgan fingerprint density at radius 3 is 2.82 bits per heavy atom. The van der Waals surface area contributed by atoms with E-state index in [9.17, 15) is 4.79 Å². The molecule has 4 nitrogen and oxygen atoms in total. The molecule has 0 aliphatic rings. The number of rotatable bonds is 6. The van der Waals surface area contributed by atoms with E-state index in [2.05, 4.69) is 0 Å². The Morgan fingerprint density at radius 2 is 2.36 bits per heavy atom. The third-order valence-electron chi connectivity index (χ3n) is 1.33. The summed E-state index contributed by atoms with van der Waals surface area (Å²) in [5, 5.41) is 8.37. The molecule has 0 aromatic rings. The van der Waals surface area contributed by atoms with Gasteiger partial charge in [0.05, 0.1) is 0 Å². The summed E-state index contributed by atoms with van der Waals surface area (Å²) in [6.07, 6.45) is 1.19. The second-order valence-corrected chi connectivity index (χ2v) is 2.28. The molecule has 0 saturated carbocycles. The van der Waals surface area contributed by atoms with Gasteiger partial charge in [0.15, 0.2) is 0 Å². The topological polar surface area (TPSA) is 72.5 Å². The minimum absolute atomic E-state index is 0.481. The van der Waals surface area contributed by atoms with Gasteiger partial charge in [0.25, 0.3) is 0 Å². The van der Waals surface area contributed by atoms with E-state index in [1.165, 1.54) is 0 Å². The molecule has 11 heavy (non-hydrogen) atoms. The number of aliphatic carboxylic acids is 1. The fourth-order valence-corrected chi connectivity index (χ4v) is 0.673. The van der Waals surface area contributed by atoms with Gasteiger partial charge in [-0.05, 0) is 19.8 Å². The fraction of sp³-hybridized carbons (Fsp3) is 0.857. The molecule has 0 aliphatic heterocycles. The minimum atomic E-state index is -0.943. The maximum atomic E-state index is 10.2. The van der Waals surface area contributed by atoms with Crippen LogP contribution in [0.5, 0.6) is 0 Å². The summed E-state index contributed by atoms with van der Waals surface area (Å²) in [6.45, 7) is 3.16. The SMILES string of the molecule is CCOCCCC(N)C(=O)O. The number of hydrogen-bond donors (Lipinski definition) is 2. The van der Waals surface area contributed by atoms with Crippen molar-refractivity contribution in [1.82, 2.24) is 0 Å². The van der Waals surface area contributed by atoms with Crippen LogP contribution < -0.4 is 5.73 Å². The van der Waals surface area contributed by atoms with Gasteiger partial charge in [0, 0.05) is 13.2 Å². The first kappa shape index (κ1) is 10.4. The highest BCUT2D eigenvalue weighted by atomic mass is 16.5. The summed E-state index contributed by atoms with van der Waals surface area (Å²) < 4.78 is 5.02. The largest absolute Gasteiger partial charge is 0.480 e. The highest BCUT2D eigenvalue weighted by Gasteiger charge is 2.09. The van der Waals surface area contributed by atoms with Crippen molar-refractivity contribution in [2.45, 2.75) is 25.8 Å². The standard InChI is InChI=1S/C7H15NO3/c1-2-11-5-3-4-6(8)7(9)10/h6H,2-5,8H2,1H3,(H,9,10). The molecule has 0 heterocycles. The molecule has 0 bridgehead atoms. The molecule has 0 aromatic carbocycles. The van der Waals surface area contributed by atoms with E-state index in [1.54, 1.807) is 0 Å². The fourth-order valence-electron chi connectivity index (χ4n) is 0.673. The Bertz CT molecular complexity index is 116. The average molecular weight is 161 g/mol. The van der Waals surface area contributed by atoms with Gasteiger partial charge in [-0.15, -0.1) is 0 Å². The van der Waals surface area contributed by atoms with Crippen LogP contribution in [0.25, 0.3) is 0 Å². The van der Waals surface area contributed by atoms with Crippen LogP contribution in [0.15, 0.2) is 0 Å². The van der Waals surface area contributed by atoms with Crippen molar-refractivity contribution in [2.24, 2.45) is 5.73 Å². The van der Waals surface area contributed by atoms with Crippen molar-refractivity contribution < 1.29 is 14.6 Å². The second kappa shape index (κ2) is 6.12. The third-order valence-corrected chi connectivity index (χ3v) is 1.33. The van der Waals surface area contributed by atoms with Crippen LogP contribution in [0.1, 0.15) is 19.8 Å². The van der Waals surface area contributed by atoms with Crippen molar-refractivity contribution in [3.8, 4) is 0 Å². The molecular formula is C7H15NO3. The van der Waals surface area contributed by atoms with Crippen LogP contribution in [-0.2, 0) is 9.53 Å². The van der Waals surface area contributed by atoms with Gasteiger partial charge in [0.2, 0.25) is 0 Å². The predicted molar refractivity (Wildman–Crippen MR) is 41.3 cm³/mol. The van der Waals surface area contributed by atoms with Gasteiger partial charge in [0.1, 0.15) is 6.04 Å². The van der Waals surface area contributed by atoms with E-state index in [1.807, 2.05) is 6.92 Å². The van der Waals surface area contributed by atoms with E-state index >= 15 is 0 Å². The lowest BCUT2D eigenvalue weighted by molar-refractivity contribution is -0.138. The summed E-state index contributed by atoms with van der Waals surface area (Å²) in [5.41, 5.74) is 5.24. The first-order valence-electron chi connectivity index (χ1n) is 3.74. The predicted octanol–water partition coefficient (Wildman–Crippen LogP) is 0.215. The van der Waals surface area contributed by atoms with Crippen molar-refractivity contribution in [3.05, 3.63) is 0 Å². The van der Waals surface area contributed by atoms with Crippen molar-refractivity contribution >= 4 is 5.97 Å². The maximum Gasteiger partial charge on any atom is 0.320 e. The number of carboxylic acid groups (broad SMARTS) is 1. The molecule has 4 heteroatoms. The van der Waals surface area contributed by atoms with Crippen molar-refractivity contribution in [2.75, 3.05) is 13.2 Å². The van der Waals surface area contributed by atoms with Crippen molar-refractivity contribution in [3.63, 3.8) is 0 Å². The first-order chi connectivity index (χ1) is 5.18. The van der Waals surface area contributed by atoms with Gasteiger partial charge in [-0.3, -0.25) is 4.79 Å². The maximum absolute atomic E-state index is 10.2. The smallest absolute Gasteiger partial charge is 0.320 e. The molecule has 3 N–H and O–H groups in total. The zero-order chi connectivity index (χ0) is 8.69. The van der Waals surface area contributed by atoms with Crippen LogP contribution in [0, 0.1) is 0 Å². The Balaban J connectivity index is 3.17. The second-order valence-electron chi connectivity index (χ2n) is 2.28. The molecule has 0 amide bonds. The Kier molecular flexibility index (Phi) is 5.78. The minimum Gasteiger partial charge on any atom is -0.480 e. The molecule has 0 fully saturated rings. The van der Waals surface area contributed by atoms with Gasteiger partial charge in [-0.25, -0.2) is 0 Å². The van der Waals surface area contributed by atoms with Crippen LogP contribution in [-0.4, -0.2) is 30.3 Å². The van der Waals surface area contributed by atoms with Gasteiger partial charge < -0.3 is 15.6 Å². The molecular weight excluding hydrogens is 146 g/mol. The lowest BCUT2D eigenvalue weighted by Gasteiger charge is -2.04. The first-order valence-corrected chi connectivity index (χ1v) is 3.74. The lowest BCUT2D eigenvalue weighted by atomic mass is 10.2. The summed E-state index contributed by atoms with van der Waals surface area (Å²) >= 11 is 0. The molecule has 0 radical (unpaired) electrons. The Labute approximate surface area is 66.3 Å². The Morgan fingerprint density at radius 1 is 1.73 bits per heavy atom. The molecule has 0 spiro atoms. The summed E-state index contributed by atoms with van der Waals surface area (Å²) in [4.78, 5) is 10.2. The lowest BCUT2D eigenvalue weighted by Crippen LogP contribution is -2.30. The third kappa shape index (κ3) is 5.82. The zero-order valence-corrected chi connectivity index (χ0v) is 6.75. The van der Waals surface area contributed by atoms with Crippen LogP contribution in [0.3, 0.4) is 0 Å². The van der Waals surface area contributed by atoms with Crippen LogP contribution in [0.2, 0.25) is 0 Å². The molecule has 66 valence electrons. The number of hydrogen-bond acceptors (Lipinski definition) is 3. The van der Waals surface area contributed by atoms with Crippen molar-refractivity contribution in [1.29, 1.82) is 0 Å². The monoisotopic (exact) mass is 161 g/mol. The highest BCUT2D eigenvalue weighted by Crippen LogP contribution is 1.94. The van der Waals surface area contributed by atoms with Gasteiger partial charge in [-0.2, -0.15) is 0 Å². The average Bonchev–Trinajstić information content (AvgIpc) is 1.97. The van der Waals surface area contributed by atoms with E-state index in [0.717, 1.165) is 0 Å². The summed E-state index contributed by atoms with van der Waals surface area (Å²) in [6, 6.07) is -0.740. The molecule has 0 aliphatic carbocycles. The van der Waals surface area contributed by atoms with E-state index in [0.29, 0.717) is 26.1 Å². The molecule has 1 unspecified atom stereocenters. The normalized spacial score (nSPS) is 12.9. The highest BCUT2D eigenvalue weighted by molar-refractivity contribution is 5.72. The van der Waals surface area contributed by atoms with E-state index in [-0.39, 0.29) is 0 Å². The van der Waals surface area contributed by atoms with E-state index < -0.39 is 12.0 Å². The molecule has 0 saturated heterocycles. The number of carbonyl (C=O) groups is 1. The Hall–Kier alpha value is -0.610. The number of ether oxygens (including phenoxy) is 1. The number of nitrogens with two attached hydrogens (primary N) is 1.